The first kappa shape index (κ1) is 11.3. The van der Waals surface area contributed by atoms with Gasteiger partial charge >= 0.3 is 4.83 Å². The Morgan fingerprint density at radius 3 is 2.09 bits per heavy atom. The zero-order chi connectivity index (χ0) is 9.12. The van der Waals surface area contributed by atoms with E-state index in [1.807, 2.05) is 0 Å². The van der Waals surface area contributed by atoms with Crippen LogP contribution in [0.4, 0.5) is 8.78 Å². The second kappa shape index (κ2) is 3.78. The lowest BCUT2D eigenvalue weighted by atomic mass is 9.99. The molecule has 0 aromatic carbocycles. The molecule has 0 bridgehead atoms. The van der Waals surface area contributed by atoms with Crippen molar-refractivity contribution in [3.05, 3.63) is 0 Å². The summed E-state index contributed by atoms with van der Waals surface area (Å²) in [5.41, 5.74) is 2.91. The molecule has 0 amide bonds. The number of alkyl halides is 3. The smallest absolute Gasteiger partial charge is 0.330 e. The van der Waals surface area contributed by atoms with E-state index in [0.717, 1.165) is 0 Å². The van der Waals surface area contributed by atoms with Crippen LogP contribution in [-0.2, 0) is 0 Å². The Bertz CT molecular complexity index is 128. The van der Waals surface area contributed by atoms with Crippen molar-refractivity contribution in [1.82, 2.24) is 0 Å². The molecule has 0 aliphatic carbocycles. The van der Waals surface area contributed by atoms with Gasteiger partial charge in [-0.15, -0.1) is 0 Å². The maximum atomic E-state index is 12.5. The van der Waals surface area contributed by atoms with Crippen molar-refractivity contribution in [2.45, 2.75) is 30.2 Å². The number of aliphatic hydroxyl groups is 1. The van der Waals surface area contributed by atoms with Crippen LogP contribution in [0.5, 0.6) is 0 Å². The van der Waals surface area contributed by atoms with Gasteiger partial charge in [0.1, 0.15) is 0 Å². The Morgan fingerprint density at radius 2 is 2.00 bits per heavy atom. The molecule has 0 fully saturated rings. The summed E-state index contributed by atoms with van der Waals surface area (Å²) in [5.74, 6) is 0. The van der Waals surface area contributed by atoms with Gasteiger partial charge in [0.2, 0.25) is 0 Å². The highest BCUT2D eigenvalue weighted by molar-refractivity contribution is 9.10. The van der Waals surface area contributed by atoms with Crippen molar-refractivity contribution in [2.24, 2.45) is 5.73 Å². The summed E-state index contributed by atoms with van der Waals surface area (Å²) < 4.78 is 25.1. The van der Waals surface area contributed by atoms with Gasteiger partial charge in [-0.2, -0.15) is 8.78 Å². The first-order valence-corrected chi connectivity index (χ1v) is 4.16. The summed E-state index contributed by atoms with van der Waals surface area (Å²) in [6, 6.07) is 0. The highest BCUT2D eigenvalue weighted by Gasteiger charge is 2.48. The standard InChI is InChI=1S/C6H12BrF2NO/c1-2-3-5(11,4-10)6(7,8)9/h11H,2-4,10H2,1H3. The topological polar surface area (TPSA) is 46.2 Å². The van der Waals surface area contributed by atoms with Crippen molar-refractivity contribution < 1.29 is 13.9 Å². The molecule has 0 heterocycles. The number of nitrogens with two attached hydrogens (primary N) is 1. The molecule has 5 heteroatoms. The van der Waals surface area contributed by atoms with Crippen LogP contribution in [0.25, 0.3) is 0 Å². The molecule has 1 unspecified atom stereocenters. The third-order valence-electron chi connectivity index (χ3n) is 1.53. The van der Waals surface area contributed by atoms with Crippen molar-refractivity contribution in [2.75, 3.05) is 6.54 Å². The van der Waals surface area contributed by atoms with E-state index in [0.29, 0.717) is 6.42 Å². The second-order valence-electron chi connectivity index (χ2n) is 2.48. The fourth-order valence-corrected chi connectivity index (χ4v) is 1.13. The van der Waals surface area contributed by atoms with E-state index < -0.39 is 17.0 Å². The average molecular weight is 232 g/mol. The van der Waals surface area contributed by atoms with Crippen LogP contribution in [0, 0.1) is 0 Å². The summed E-state index contributed by atoms with van der Waals surface area (Å²) in [5, 5.41) is 9.23. The minimum atomic E-state index is -3.30. The lowest BCUT2D eigenvalue weighted by Gasteiger charge is -2.30. The Labute approximate surface area is 72.9 Å². The summed E-state index contributed by atoms with van der Waals surface area (Å²) in [7, 11) is 0. The van der Waals surface area contributed by atoms with Gasteiger partial charge in [0.15, 0.2) is 5.60 Å². The largest absolute Gasteiger partial charge is 0.381 e. The normalized spacial score (nSPS) is 18.0. The highest BCUT2D eigenvalue weighted by atomic mass is 79.9. The van der Waals surface area contributed by atoms with E-state index in [1.165, 1.54) is 0 Å². The molecule has 68 valence electrons. The monoisotopic (exact) mass is 231 g/mol. The quantitative estimate of drug-likeness (QED) is 0.721. The van der Waals surface area contributed by atoms with Gasteiger partial charge in [-0.25, -0.2) is 0 Å². The number of rotatable bonds is 4. The minimum absolute atomic E-state index is 0.0122. The van der Waals surface area contributed by atoms with Gasteiger partial charge in [0.25, 0.3) is 0 Å². The van der Waals surface area contributed by atoms with E-state index in [-0.39, 0.29) is 6.42 Å². The maximum Gasteiger partial charge on any atom is 0.330 e. The van der Waals surface area contributed by atoms with Gasteiger partial charge in [0.05, 0.1) is 0 Å². The van der Waals surface area contributed by atoms with E-state index in [2.05, 4.69) is 15.9 Å². The average Bonchev–Trinajstić information content (AvgIpc) is 1.86. The lowest BCUT2D eigenvalue weighted by Crippen LogP contribution is -2.50. The van der Waals surface area contributed by atoms with Crippen LogP contribution in [0.15, 0.2) is 0 Å². The second-order valence-corrected chi connectivity index (χ2v) is 3.48. The lowest BCUT2D eigenvalue weighted by molar-refractivity contribution is -0.113. The van der Waals surface area contributed by atoms with Crippen LogP contribution < -0.4 is 5.73 Å². The Hall–Kier alpha value is 0.260. The number of hydrogen-bond donors (Lipinski definition) is 2. The zero-order valence-corrected chi connectivity index (χ0v) is 7.87. The third-order valence-corrected chi connectivity index (χ3v) is 2.27. The van der Waals surface area contributed by atoms with Gasteiger partial charge < -0.3 is 10.8 Å². The van der Waals surface area contributed by atoms with Crippen LogP contribution >= 0.6 is 15.9 Å². The van der Waals surface area contributed by atoms with E-state index in [9.17, 15) is 13.9 Å². The number of halogens is 3. The molecule has 0 saturated carbocycles. The van der Waals surface area contributed by atoms with Gasteiger partial charge in [-0.1, -0.05) is 13.3 Å². The van der Waals surface area contributed by atoms with E-state index >= 15 is 0 Å². The number of hydrogen-bond acceptors (Lipinski definition) is 2. The molecule has 0 radical (unpaired) electrons. The van der Waals surface area contributed by atoms with Gasteiger partial charge in [-0.3, -0.25) is 0 Å². The van der Waals surface area contributed by atoms with Crippen LogP contribution in [0.3, 0.4) is 0 Å². The third kappa shape index (κ3) is 2.65. The molecule has 0 aromatic heterocycles. The molecular weight excluding hydrogens is 220 g/mol. The van der Waals surface area contributed by atoms with Crippen molar-refractivity contribution in [3.63, 3.8) is 0 Å². The fraction of sp³-hybridized carbons (Fsp3) is 1.00. The maximum absolute atomic E-state index is 12.5. The molecule has 0 rings (SSSR count). The molecule has 0 spiro atoms. The summed E-state index contributed by atoms with van der Waals surface area (Å²) >= 11 is 2.10. The SMILES string of the molecule is CCCC(O)(CN)C(F)(F)Br. The van der Waals surface area contributed by atoms with Gasteiger partial charge in [0, 0.05) is 6.54 Å². The van der Waals surface area contributed by atoms with Crippen LogP contribution in [0.2, 0.25) is 0 Å². The van der Waals surface area contributed by atoms with Crippen molar-refractivity contribution >= 4 is 15.9 Å². The Balaban J connectivity index is 4.33. The van der Waals surface area contributed by atoms with Crippen molar-refractivity contribution in [3.8, 4) is 0 Å². The predicted molar refractivity (Wildman–Crippen MR) is 42.8 cm³/mol. The molecule has 0 aromatic rings. The van der Waals surface area contributed by atoms with E-state index in [4.69, 9.17) is 5.73 Å². The van der Waals surface area contributed by atoms with E-state index in [1.54, 1.807) is 6.92 Å². The zero-order valence-electron chi connectivity index (χ0n) is 6.28. The summed E-state index contributed by atoms with van der Waals surface area (Å²) in [4.78, 5) is -3.30. The first-order valence-electron chi connectivity index (χ1n) is 3.36. The molecular formula is C6H12BrF2NO. The Kier molecular flexibility index (Phi) is 3.87. The van der Waals surface area contributed by atoms with Gasteiger partial charge in [-0.05, 0) is 22.4 Å². The molecule has 0 aliphatic rings. The Morgan fingerprint density at radius 1 is 1.55 bits per heavy atom. The fourth-order valence-electron chi connectivity index (χ4n) is 0.773. The van der Waals surface area contributed by atoms with Crippen LogP contribution in [0.1, 0.15) is 19.8 Å². The minimum Gasteiger partial charge on any atom is -0.381 e. The molecule has 1 atom stereocenters. The molecule has 0 saturated heterocycles. The first-order chi connectivity index (χ1) is 4.87. The van der Waals surface area contributed by atoms with Crippen LogP contribution in [-0.4, -0.2) is 22.1 Å². The van der Waals surface area contributed by atoms with Crippen molar-refractivity contribution in [1.29, 1.82) is 0 Å². The molecule has 11 heavy (non-hydrogen) atoms. The summed E-state index contributed by atoms with van der Waals surface area (Å²) in [6.07, 6.45) is 0.455. The summed E-state index contributed by atoms with van der Waals surface area (Å²) in [6.45, 7) is 1.26. The molecule has 0 aliphatic heterocycles. The molecule has 3 N–H and O–H groups in total. The molecule has 2 nitrogen and oxygen atoms in total. The highest BCUT2D eigenvalue weighted by Crippen LogP contribution is 2.37. The predicted octanol–water partition coefficient (Wildman–Crippen LogP) is 1.46.